The van der Waals surface area contributed by atoms with Gasteiger partial charge >= 0.3 is 0 Å². The lowest BCUT2D eigenvalue weighted by Crippen LogP contribution is -2.01. The van der Waals surface area contributed by atoms with Gasteiger partial charge in [-0.1, -0.05) is 19.1 Å². The van der Waals surface area contributed by atoms with Gasteiger partial charge in [0.1, 0.15) is 6.29 Å². The highest BCUT2D eigenvalue weighted by atomic mass is 16.1. The second-order valence-corrected chi connectivity index (χ2v) is 2.96. The van der Waals surface area contributed by atoms with E-state index in [4.69, 9.17) is 5.26 Å². The van der Waals surface area contributed by atoms with Gasteiger partial charge in [0.15, 0.2) is 6.29 Å². The zero-order chi connectivity index (χ0) is 10.6. The Morgan fingerprint density at radius 1 is 1.43 bits per heavy atom. The van der Waals surface area contributed by atoms with E-state index in [2.05, 4.69) is 0 Å². The molecule has 1 aromatic carbocycles. The standard InChI is InChI=1S/C11H9NO2/c1-8(6-13)10-4-2-3-9(5-12)11(10)7-14/h2-4,6-8H,1H3. The number of hydrogen-bond donors (Lipinski definition) is 0. The van der Waals surface area contributed by atoms with Gasteiger partial charge in [-0.05, 0) is 11.6 Å². The van der Waals surface area contributed by atoms with E-state index < -0.39 is 0 Å². The molecule has 0 aliphatic rings. The molecule has 1 rings (SSSR count). The normalized spacial score (nSPS) is 11.4. The Morgan fingerprint density at radius 3 is 2.64 bits per heavy atom. The van der Waals surface area contributed by atoms with Crippen molar-refractivity contribution in [2.24, 2.45) is 0 Å². The zero-order valence-corrected chi connectivity index (χ0v) is 7.73. The first-order valence-electron chi connectivity index (χ1n) is 4.18. The van der Waals surface area contributed by atoms with Crippen molar-refractivity contribution in [3.05, 3.63) is 34.9 Å². The molecule has 1 unspecified atom stereocenters. The highest BCUT2D eigenvalue weighted by Gasteiger charge is 2.12. The number of nitrogens with zero attached hydrogens (tertiary/aromatic N) is 1. The molecule has 0 saturated heterocycles. The van der Waals surface area contributed by atoms with E-state index in [9.17, 15) is 9.59 Å². The molecule has 0 N–H and O–H groups in total. The van der Waals surface area contributed by atoms with Gasteiger partial charge in [-0.15, -0.1) is 0 Å². The zero-order valence-electron chi connectivity index (χ0n) is 7.73. The van der Waals surface area contributed by atoms with Crippen molar-refractivity contribution < 1.29 is 9.59 Å². The van der Waals surface area contributed by atoms with Crippen molar-refractivity contribution in [2.75, 3.05) is 0 Å². The third-order valence-electron chi connectivity index (χ3n) is 2.07. The van der Waals surface area contributed by atoms with Gasteiger partial charge in [0.05, 0.1) is 11.6 Å². The molecule has 1 atom stereocenters. The summed E-state index contributed by atoms with van der Waals surface area (Å²) < 4.78 is 0. The number of hydrogen-bond acceptors (Lipinski definition) is 3. The van der Waals surface area contributed by atoms with E-state index in [1.807, 2.05) is 6.07 Å². The van der Waals surface area contributed by atoms with Crippen molar-refractivity contribution in [3.63, 3.8) is 0 Å². The van der Waals surface area contributed by atoms with Crippen LogP contribution < -0.4 is 0 Å². The molecule has 0 heterocycles. The maximum atomic E-state index is 10.8. The minimum absolute atomic E-state index is 0.311. The molecule has 0 spiro atoms. The lowest BCUT2D eigenvalue weighted by atomic mass is 9.94. The number of carbonyl (C=O) groups excluding carboxylic acids is 2. The topological polar surface area (TPSA) is 57.9 Å². The second-order valence-electron chi connectivity index (χ2n) is 2.96. The maximum absolute atomic E-state index is 10.8. The molecule has 0 bridgehead atoms. The molecule has 0 saturated carbocycles. The van der Waals surface area contributed by atoms with Crippen molar-refractivity contribution in [2.45, 2.75) is 12.8 Å². The first-order valence-corrected chi connectivity index (χ1v) is 4.18. The fraction of sp³-hybridized carbons (Fsp3) is 0.182. The summed E-state index contributed by atoms with van der Waals surface area (Å²) in [4.78, 5) is 21.3. The summed E-state index contributed by atoms with van der Waals surface area (Å²) in [5.41, 5.74) is 1.23. The Bertz CT molecular complexity index is 404. The van der Waals surface area contributed by atoms with Crippen molar-refractivity contribution >= 4 is 12.6 Å². The van der Waals surface area contributed by atoms with E-state index in [-0.39, 0.29) is 5.92 Å². The first kappa shape index (κ1) is 10.1. The van der Waals surface area contributed by atoms with Crippen LogP contribution in [-0.2, 0) is 4.79 Å². The second kappa shape index (κ2) is 4.33. The summed E-state index contributed by atoms with van der Waals surface area (Å²) in [7, 11) is 0. The maximum Gasteiger partial charge on any atom is 0.151 e. The number of nitriles is 1. The average Bonchev–Trinajstić information content (AvgIpc) is 2.26. The third-order valence-corrected chi connectivity index (χ3v) is 2.07. The highest BCUT2D eigenvalue weighted by Crippen LogP contribution is 2.19. The van der Waals surface area contributed by atoms with E-state index in [1.54, 1.807) is 25.1 Å². The summed E-state index contributed by atoms with van der Waals surface area (Å²) in [6, 6.07) is 6.83. The summed E-state index contributed by atoms with van der Waals surface area (Å²) in [6.45, 7) is 1.69. The van der Waals surface area contributed by atoms with Crippen LogP contribution in [0.2, 0.25) is 0 Å². The van der Waals surface area contributed by atoms with Crippen LogP contribution in [0.4, 0.5) is 0 Å². The molecule has 1 aromatic rings. The van der Waals surface area contributed by atoms with Crippen molar-refractivity contribution in [1.29, 1.82) is 5.26 Å². The molecule has 0 aliphatic heterocycles. The van der Waals surface area contributed by atoms with Crippen LogP contribution in [0.15, 0.2) is 18.2 Å². The van der Waals surface area contributed by atoms with Crippen LogP contribution in [0, 0.1) is 11.3 Å². The molecule has 3 heteroatoms. The van der Waals surface area contributed by atoms with Crippen molar-refractivity contribution in [1.82, 2.24) is 0 Å². The van der Waals surface area contributed by atoms with Gasteiger partial charge < -0.3 is 4.79 Å². The Morgan fingerprint density at radius 2 is 2.14 bits per heavy atom. The fourth-order valence-corrected chi connectivity index (χ4v) is 1.28. The molecular weight excluding hydrogens is 178 g/mol. The summed E-state index contributed by atoms with van der Waals surface area (Å²) in [5, 5.41) is 8.73. The van der Waals surface area contributed by atoms with E-state index in [1.165, 1.54) is 0 Å². The molecular formula is C11H9NO2. The van der Waals surface area contributed by atoms with Gasteiger partial charge in [0, 0.05) is 11.5 Å². The predicted octanol–water partition coefficient (Wildman–Crippen LogP) is 1.67. The molecule has 0 radical (unpaired) electrons. The van der Waals surface area contributed by atoms with E-state index in [0.717, 1.165) is 6.29 Å². The highest BCUT2D eigenvalue weighted by molar-refractivity contribution is 5.83. The average molecular weight is 187 g/mol. The number of rotatable bonds is 3. The monoisotopic (exact) mass is 187 g/mol. The lowest BCUT2D eigenvalue weighted by Gasteiger charge is -2.07. The predicted molar refractivity (Wildman–Crippen MR) is 51.0 cm³/mol. The van der Waals surface area contributed by atoms with E-state index >= 15 is 0 Å². The summed E-state index contributed by atoms with van der Waals surface area (Å²) in [5.74, 6) is -0.358. The van der Waals surface area contributed by atoms with Crippen LogP contribution >= 0.6 is 0 Å². The number of benzene rings is 1. The van der Waals surface area contributed by atoms with Gasteiger partial charge in [0.25, 0.3) is 0 Å². The molecule has 3 nitrogen and oxygen atoms in total. The number of aldehydes is 2. The van der Waals surface area contributed by atoms with Crippen LogP contribution in [-0.4, -0.2) is 12.6 Å². The minimum Gasteiger partial charge on any atom is -0.303 e. The van der Waals surface area contributed by atoms with Gasteiger partial charge in [-0.2, -0.15) is 5.26 Å². The molecule has 0 aliphatic carbocycles. The van der Waals surface area contributed by atoms with Gasteiger partial charge in [0.2, 0.25) is 0 Å². The van der Waals surface area contributed by atoms with Crippen LogP contribution in [0.25, 0.3) is 0 Å². The smallest absolute Gasteiger partial charge is 0.151 e. The quantitative estimate of drug-likeness (QED) is 0.676. The summed E-state index contributed by atoms with van der Waals surface area (Å²) in [6.07, 6.45) is 1.37. The van der Waals surface area contributed by atoms with Crippen LogP contribution in [0.3, 0.4) is 0 Å². The lowest BCUT2D eigenvalue weighted by molar-refractivity contribution is -0.108. The SMILES string of the molecule is CC(C=O)c1cccc(C#N)c1C=O. The molecule has 0 aromatic heterocycles. The molecule has 0 amide bonds. The Hall–Kier alpha value is -1.95. The number of carbonyl (C=O) groups is 2. The summed E-state index contributed by atoms with van der Waals surface area (Å²) >= 11 is 0. The Labute approximate surface area is 82.0 Å². The van der Waals surface area contributed by atoms with Gasteiger partial charge in [-0.25, -0.2) is 0 Å². The Kier molecular flexibility index (Phi) is 3.14. The largest absolute Gasteiger partial charge is 0.303 e. The minimum atomic E-state index is -0.358. The molecule has 14 heavy (non-hydrogen) atoms. The first-order chi connectivity index (χ1) is 6.74. The Balaban J connectivity index is 3.37. The van der Waals surface area contributed by atoms with Crippen molar-refractivity contribution in [3.8, 4) is 6.07 Å². The molecule has 70 valence electrons. The van der Waals surface area contributed by atoms with Crippen LogP contribution in [0.5, 0.6) is 0 Å². The molecule has 0 fully saturated rings. The third kappa shape index (κ3) is 1.69. The van der Waals surface area contributed by atoms with E-state index in [0.29, 0.717) is 23.0 Å². The van der Waals surface area contributed by atoms with Gasteiger partial charge in [-0.3, -0.25) is 4.79 Å². The fourth-order valence-electron chi connectivity index (χ4n) is 1.28. The van der Waals surface area contributed by atoms with Crippen LogP contribution in [0.1, 0.15) is 34.3 Å².